The van der Waals surface area contributed by atoms with Crippen LogP contribution in [0.2, 0.25) is 0 Å². The fourth-order valence-corrected chi connectivity index (χ4v) is 4.71. The summed E-state index contributed by atoms with van der Waals surface area (Å²) in [5.74, 6) is 1.43. The molecule has 172 valence electrons. The molecule has 2 aliphatic heterocycles. The number of carbonyl (C=O) groups excluding carboxylic acids is 1. The number of benzene rings is 1. The van der Waals surface area contributed by atoms with Gasteiger partial charge >= 0.3 is 0 Å². The third-order valence-electron chi connectivity index (χ3n) is 6.52. The highest BCUT2D eigenvalue weighted by Crippen LogP contribution is 2.40. The van der Waals surface area contributed by atoms with Crippen LogP contribution < -0.4 is 15.1 Å². The number of likely N-dealkylation sites (N-methyl/N-ethyl adjacent to an activating group) is 1. The van der Waals surface area contributed by atoms with E-state index in [2.05, 4.69) is 22.1 Å². The Bertz CT molecular complexity index is 1170. The molecule has 1 amide bonds. The molecular weight excluding hydrogens is 418 g/mol. The maximum Gasteiger partial charge on any atom is 0.249 e. The maximum atomic E-state index is 13.1. The van der Waals surface area contributed by atoms with Gasteiger partial charge in [-0.1, -0.05) is 6.92 Å². The van der Waals surface area contributed by atoms with Crippen molar-refractivity contribution in [3.63, 3.8) is 0 Å². The number of imidazole rings is 1. The molecule has 3 aromatic rings. The highest BCUT2D eigenvalue weighted by molar-refractivity contribution is 6.05. The molecule has 0 unspecified atom stereocenters. The quantitative estimate of drug-likeness (QED) is 0.642. The van der Waals surface area contributed by atoms with Gasteiger partial charge in [0.25, 0.3) is 0 Å². The molecule has 0 spiro atoms. The summed E-state index contributed by atoms with van der Waals surface area (Å²) in [5, 5.41) is 3.35. The number of anilines is 4. The summed E-state index contributed by atoms with van der Waals surface area (Å²) < 4.78 is 7.54. The summed E-state index contributed by atoms with van der Waals surface area (Å²) in [6.45, 7) is 4.75. The summed E-state index contributed by atoms with van der Waals surface area (Å²) in [5.41, 5.74) is 4.57. The number of amides is 1. The first kappa shape index (κ1) is 21.4. The second kappa shape index (κ2) is 8.47. The van der Waals surface area contributed by atoms with E-state index in [-0.39, 0.29) is 18.1 Å². The van der Waals surface area contributed by atoms with Crippen molar-refractivity contribution in [2.75, 3.05) is 35.8 Å². The van der Waals surface area contributed by atoms with Gasteiger partial charge in [-0.15, -0.1) is 0 Å². The molecule has 0 saturated carbocycles. The molecule has 4 heterocycles. The Morgan fingerprint density at radius 1 is 1.21 bits per heavy atom. The Hall–Kier alpha value is -3.46. The molecule has 0 aliphatic carbocycles. The van der Waals surface area contributed by atoms with E-state index in [1.807, 2.05) is 49.0 Å². The van der Waals surface area contributed by atoms with Crippen molar-refractivity contribution < 1.29 is 9.53 Å². The Balaban J connectivity index is 1.46. The molecule has 33 heavy (non-hydrogen) atoms. The van der Waals surface area contributed by atoms with Crippen LogP contribution in [0.5, 0.6) is 0 Å². The first-order chi connectivity index (χ1) is 16.0. The molecule has 2 aliphatic rings. The minimum atomic E-state index is -0.258. The molecule has 0 radical (unpaired) electrons. The Morgan fingerprint density at radius 3 is 2.67 bits per heavy atom. The number of methoxy groups -OCH3 is 1. The van der Waals surface area contributed by atoms with Crippen LogP contribution in [-0.4, -0.2) is 58.3 Å². The third-order valence-corrected chi connectivity index (χ3v) is 6.52. The Morgan fingerprint density at radius 2 is 2.00 bits per heavy atom. The van der Waals surface area contributed by atoms with Gasteiger partial charge in [-0.3, -0.25) is 4.79 Å². The molecule has 2 aromatic heterocycles. The predicted octanol–water partition coefficient (Wildman–Crippen LogP) is 3.24. The summed E-state index contributed by atoms with van der Waals surface area (Å²) in [4.78, 5) is 30.9. The largest absolute Gasteiger partial charge is 0.381 e. The fourth-order valence-electron chi connectivity index (χ4n) is 4.71. The number of hydrogen-bond donors (Lipinski definition) is 1. The van der Waals surface area contributed by atoms with Crippen molar-refractivity contribution in [1.29, 1.82) is 0 Å². The van der Waals surface area contributed by atoms with E-state index in [0.29, 0.717) is 18.8 Å². The van der Waals surface area contributed by atoms with E-state index in [1.54, 1.807) is 18.3 Å². The van der Waals surface area contributed by atoms with Gasteiger partial charge in [0.15, 0.2) is 5.82 Å². The van der Waals surface area contributed by atoms with Crippen LogP contribution in [0.3, 0.4) is 0 Å². The number of carbonyl (C=O) groups is 1. The number of nitrogens with one attached hydrogen (secondary N) is 1. The van der Waals surface area contributed by atoms with Gasteiger partial charge in [-0.2, -0.15) is 4.98 Å². The van der Waals surface area contributed by atoms with Crippen LogP contribution in [0.25, 0.3) is 5.69 Å². The highest BCUT2D eigenvalue weighted by Gasteiger charge is 2.43. The minimum absolute atomic E-state index is 0.0774. The van der Waals surface area contributed by atoms with Gasteiger partial charge in [0.05, 0.1) is 23.8 Å². The van der Waals surface area contributed by atoms with Crippen LogP contribution in [0.1, 0.15) is 31.2 Å². The van der Waals surface area contributed by atoms with E-state index < -0.39 is 0 Å². The van der Waals surface area contributed by atoms with Gasteiger partial charge in [-0.25, -0.2) is 9.97 Å². The van der Waals surface area contributed by atoms with E-state index in [1.165, 1.54) is 0 Å². The predicted molar refractivity (Wildman–Crippen MR) is 128 cm³/mol. The standard InChI is InChI=1S/C24H29N7O2/c1-5-19-21-22(31-11-10-18(33-4)12-20(31)23(32)29(21)3)28-24(27-19)26-16-6-8-17(9-7-16)30-13-15(2)25-14-30/h6-9,13-14,18,20H,5,10-12H2,1-4H3,(H,26,27,28)/t18-,20+/m0/s1. The molecule has 9 nitrogen and oxygen atoms in total. The van der Waals surface area contributed by atoms with E-state index >= 15 is 0 Å². The van der Waals surface area contributed by atoms with Crippen molar-refractivity contribution in [2.24, 2.45) is 0 Å². The number of aromatic nitrogens is 4. The second-order valence-electron chi connectivity index (χ2n) is 8.60. The van der Waals surface area contributed by atoms with Gasteiger partial charge in [0.2, 0.25) is 11.9 Å². The zero-order chi connectivity index (χ0) is 23.1. The molecule has 1 aromatic carbocycles. The summed E-state index contributed by atoms with van der Waals surface area (Å²) in [7, 11) is 3.53. The number of piperidine rings is 1. The van der Waals surface area contributed by atoms with E-state index in [0.717, 1.165) is 47.2 Å². The van der Waals surface area contributed by atoms with Crippen molar-refractivity contribution in [1.82, 2.24) is 19.5 Å². The van der Waals surface area contributed by atoms with E-state index in [4.69, 9.17) is 14.7 Å². The number of nitrogens with zero attached hydrogens (tertiary/aromatic N) is 6. The summed E-state index contributed by atoms with van der Waals surface area (Å²) >= 11 is 0. The number of ether oxygens (including phenoxy) is 1. The van der Waals surface area contributed by atoms with Gasteiger partial charge in [0.1, 0.15) is 11.7 Å². The lowest BCUT2D eigenvalue weighted by atomic mass is 9.95. The zero-order valence-electron chi connectivity index (χ0n) is 19.4. The fraction of sp³-hybridized carbons (Fsp3) is 0.417. The smallest absolute Gasteiger partial charge is 0.249 e. The van der Waals surface area contributed by atoms with Crippen molar-refractivity contribution in [3.05, 3.63) is 48.2 Å². The molecule has 1 fully saturated rings. The Kier molecular flexibility index (Phi) is 5.49. The summed E-state index contributed by atoms with van der Waals surface area (Å²) in [6.07, 6.45) is 6.13. The second-order valence-corrected chi connectivity index (χ2v) is 8.60. The van der Waals surface area contributed by atoms with Crippen LogP contribution >= 0.6 is 0 Å². The number of hydrogen-bond acceptors (Lipinski definition) is 7. The average Bonchev–Trinajstić information content (AvgIpc) is 3.28. The van der Waals surface area contributed by atoms with Crippen molar-refractivity contribution in [2.45, 2.75) is 45.3 Å². The van der Waals surface area contributed by atoms with Crippen LogP contribution in [0.15, 0.2) is 36.8 Å². The van der Waals surface area contributed by atoms with E-state index in [9.17, 15) is 4.79 Å². The SMILES string of the molecule is CCc1nc(Nc2ccc(-n3cnc(C)c3)cc2)nc2c1N(C)C(=O)[C@H]1C[C@@H](OC)CCN21. The molecule has 0 bridgehead atoms. The van der Waals surface area contributed by atoms with Gasteiger partial charge in [-0.05, 0) is 44.0 Å². The Labute approximate surface area is 193 Å². The maximum absolute atomic E-state index is 13.1. The summed E-state index contributed by atoms with van der Waals surface area (Å²) in [6, 6.07) is 7.80. The van der Waals surface area contributed by atoms with Crippen LogP contribution in [0.4, 0.5) is 23.1 Å². The number of rotatable bonds is 5. The topological polar surface area (TPSA) is 88.4 Å². The first-order valence-electron chi connectivity index (χ1n) is 11.3. The van der Waals surface area contributed by atoms with Gasteiger partial charge in [0, 0.05) is 44.7 Å². The van der Waals surface area contributed by atoms with Crippen molar-refractivity contribution in [3.8, 4) is 5.69 Å². The first-order valence-corrected chi connectivity index (χ1v) is 11.3. The van der Waals surface area contributed by atoms with Crippen molar-refractivity contribution >= 4 is 29.0 Å². The lowest BCUT2D eigenvalue weighted by molar-refractivity contribution is -0.121. The molecule has 2 atom stereocenters. The number of aryl methyl sites for hydroxylation is 2. The number of fused-ring (bicyclic) bond motifs is 3. The zero-order valence-corrected chi connectivity index (χ0v) is 19.4. The molecule has 1 N–H and O–H groups in total. The monoisotopic (exact) mass is 447 g/mol. The highest BCUT2D eigenvalue weighted by atomic mass is 16.5. The minimum Gasteiger partial charge on any atom is -0.381 e. The van der Waals surface area contributed by atoms with Gasteiger partial charge < -0.3 is 24.4 Å². The van der Waals surface area contributed by atoms with Crippen LogP contribution in [0, 0.1) is 6.92 Å². The lowest BCUT2D eigenvalue weighted by Crippen LogP contribution is -2.57. The average molecular weight is 448 g/mol. The molecule has 9 heteroatoms. The molecule has 1 saturated heterocycles. The normalized spacial score (nSPS) is 19.9. The third kappa shape index (κ3) is 3.82. The lowest BCUT2D eigenvalue weighted by Gasteiger charge is -2.45. The molecule has 5 rings (SSSR count). The van der Waals surface area contributed by atoms with Crippen LogP contribution in [-0.2, 0) is 16.0 Å². The molecular formula is C24H29N7O2.